The lowest BCUT2D eigenvalue weighted by atomic mass is 10.2. The Labute approximate surface area is 190 Å². The molecule has 2 aliphatic rings. The van der Waals surface area contributed by atoms with Gasteiger partial charge in [0.2, 0.25) is 0 Å². The van der Waals surface area contributed by atoms with Crippen LogP contribution in [-0.2, 0) is 17.8 Å². The summed E-state index contributed by atoms with van der Waals surface area (Å²) < 4.78 is 7.47. The van der Waals surface area contributed by atoms with Crippen LogP contribution in [0.2, 0.25) is 0 Å². The number of morpholine rings is 1. The molecular formula is C21H31IN6O. The molecule has 0 radical (unpaired) electrons. The van der Waals surface area contributed by atoms with Crippen LogP contribution in [0.15, 0.2) is 47.7 Å². The molecule has 1 unspecified atom stereocenters. The largest absolute Gasteiger partial charge is 0.379 e. The first-order chi connectivity index (χ1) is 13.8. The van der Waals surface area contributed by atoms with Crippen molar-refractivity contribution in [3.05, 3.63) is 53.9 Å². The highest BCUT2D eigenvalue weighted by Crippen LogP contribution is 2.17. The lowest BCUT2D eigenvalue weighted by Crippen LogP contribution is -2.46. The van der Waals surface area contributed by atoms with Crippen molar-refractivity contribution in [1.82, 2.24) is 24.9 Å². The average Bonchev–Trinajstić information content (AvgIpc) is 3.40. The molecule has 1 atom stereocenters. The average molecular weight is 510 g/mol. The number of ether oxygens (including phenoxy) is 1. The molecule has 0 saturated carbocycles. The molecule has 0 amide bonds. The van der Waals surface area contributed by atoms with E-state index >= 15 is 0 Å². The molecule has 0 aliphatic carbocycles. The fraction of sp³-hybridized carbons (Fsp3) is 0.524. The van der Waals surface area contributed by atoms with E-state index in [4.69, 9.17) is 4.74 Å². The molecule has 0 spiro atoms. The molecule has 4 rings (SSSR count). The molecule has 1 aromatic heterocycles. The van der Waals surface area contributed by atoms with Crippen LogP contribution in [-0.4, -0.2) is 78.0 Å². The number of halogens is 1. The molecule has 29 heavy (non-hydrogen) atoms. The van der Waals surface area contributed by atoms with Crippen molar-refractivity contribution >= 4 is 29.9 Å². The normalized spacial score (nSPS) is 20.5. The molecule has 2 fully saturated rings. The predicted octanol–water partition coefficient (Wildman–Crippen LogP) is 2.03. The highest BCUT2D eigenvalue weighted by molar-refractivity contribution is 14.0. The van der Waals surface area contributed by atoms with Crippen molar-refractivity contribution in [1.29, 1.82) is 0 Å². The predicted molar refractivity (Wildman–Crippen MR) is 126 cm³/mol. The van der Waals surface area contributed by atoms with Gasteiger partial charge >= 0.3 is 0 Å². The van der Waals surface area contributed by atoms with Gasteiger partial charge in [-0.3, -0.25) is 14.6 Å². The van der Waals surface area contributed by atoms with Gasteiger partial charge in [0.25, 0.3) is 0 Å². The van der Waals surface area contributed by atoms with Crippen LogP contribution in [0.5, 0.6) is 0 Å². The van der Waals surface area contributed by atoms with Crippen molar-refractivity contribution in [3.8, 4) is 0 Å². The minimum absolute atomic E-state index is 0. The van der Waals surface area contributed by atoms with E-state index < -0.39 is 0 Å². The molecule has 7 nitrogen and oxygen atoms in total. The van der Waals surface area contributed by atoms with Crippen LogP contribution < -0.4 is 5.32 Å². The van der Waals surface area contributed by atoms with Crippen molar-refractivity contribution in [3.63, 3.8) is 0 Å². The summed E-state index contributed by atoms with van der Waals surface area (Å²) >= 11 is 0. The molecule has 158 valence electrons. The zero-order chi connectivity index (χ0) is 19.2. The molecule has 1 N–H and O–H groups in total. The summed E-state index contributed by atoms with van der Waals surface area (Å²) in [7, 11) is 1.86. The summed E-state index contributed by atoms with van der Waals surface area (Å²) in [5.41, 5.74) is 2.42. The zero-order valence-corrected chi connectivity index (χ0v) is 19.4. The number of rotatable bonds is 5. The Bertz CT molecular complexity index is 774. The van der Waals surface area contributed by atoms with E-state index in [1.54, 1.807) is 0 Å². The summed E-state index contributed by atoms with van der Waals surface area (Å²) in [5, 5.41) is 8.00. The number of nitrogens with one attached hydrogen (secondary N) is 1. The lowest BCUT2D eigenvalue weighted by molar-refractivity contribution is 0.0195. The second-order valence-electron chi connectivity index (χ2n) is 7.47. The third-order valence-electron chi connectivity index (χ3n) is 5.56. The van der Waals surface area contributed by atoms with E-state index in [9.17, 15) is 0 Å². The fourth-order valence-corrected chi connectivity index (χ4v) is 4.04. The smallest absolute Gasteiger partial charge is 0.193 e. The van der Waals surface area contributed by atoms with Gasteiger partial charge in [-0.25, -0.2) is 0 Å². The van der Waals surface area contributed by atoms with E-state index in [1.807, 2.05) is 24.0 Å². The number of hydrogen-bond acceptors (Lipinski definition) is 4. The Morgan fingerprint density at radius 1 is 1.17 bits per heavy atom. The van der Waals surface area contributed by atoms with E-state index in [-0.39, 0.29) is 24.0 Å². The molecule has 8 heteroatoms. The second kappa shape index (κ2) is 10.9. The molecular weight excluding hydrogens is 479 g/mol. The molecule has 2 aliphatic heterocycles. The summed E-state index contributed by atoms with van der Waals surface area (Å²) in [4.78, 5) is 9.43. The quantitative estimate of drug-likeness (QED) is 0.379. The Kier molecular flexibility index (Phi) is 8.31. The molecule has 0 bridgehead atoms. The standard InChI is InChI=1S/C21H30N6O.HI/c1-22-21(26-8-7-20(17-26)25-9-11-28-12-10-25)23-13-19-14-24-27(16-19)15-18-5-3-2-4-6-18;/h2-6,14,16,20H,7-13,15,17H2,1H3,(H,22,23);1H. The Hall–Kier alpha value is -1.65. The Balaban J connectivity index is 0.00000240. The maximum absolute atomic E-state index is 5.48. The number of likely N-dealkylation sites (tertiary alicyclic amines) is 1. The van der Waals surface area contributed by atoms with E-state index in [0.29, 0.717) is 6.04 Å². The van der Waals surface area contributed by atoms with Crippen molar-refractivity contribution in [2.45, 2.75) is 25.6 Å². The number of hydrogen-bond donors (Lipinski definition) is 1. The number of benzene rings is 1. The Morgan fingerprint density at radius 2 is 1.97 bits per heavy atom. The van der Waals surface area contributed by atoms with Gasteiger partial charge in [-0.1, -0.05) is 30.3 Å². The maximum atomic E-state index is 5.48. The minimum atomic E-state index is 0. The van der Waals surface area contributed by atoms with Crippen LogP contribution in [0.25, 0.3) is 0 Å². The zero-order valence-electron chi connectivity index (χ0n) is 17.0. The van der Waals surface area contributed by atoms with Gasteiger partial charge in [0.15, 0.2) is 5.96 Å². The van der Waals surface area contributed by atoms with Crippen molar-refractivity contribution in [2.24, 2.45) is 4.99 Å². The SMILES string of the molecule is CN=C(NCc1cnn(Cc2ccccc2)c1)N1CCC(N2CCOCC2)C1.I. The summed E-state index contributed by atoms with van der Waals surface area (Å²) in [6.45, 7) is 7.42. The molecule has 1 aromatic carbocycles. The first-order valence-corrected chi connectivity index (χ1v) is 10.1. The van der Waals surface area contributed by atoms with Crippen LogP contribution in [0.4, 0.5) is 0 Å². The number of nitrogens with zero attached hydrogens (tertiary/aromatic N) is 5. The minimum Gasteiger partial charge on any atom is -0.379 e. The second-order valence-corrected chi connectivity index (χ2v) is 7.47. The first kappa shape index (κ1) is 22.0. The van der Waals surface area contributed by atoms with Crippen molar-refractivity contribution < 1.29 is 4.74 Å². The van der Waals surface area contributed by atoms with Crippen LogP contribution in [0.3, 0.4) is 0 Å². The van der Waals surface area contributed by atoms with Gasteiger partial charge in [-0.15, -0.1) is 24.0 Å². The molecule has 3 heterocycles. The molecule has 2 aromatic rings. The fourth-order valence-electron chi connectivity index (χ4n) is 4.04. The number of aromatic nitrogens is 2. The highest BCUT2D eigenvalue weighted by atomic mass is 127. The van der Waals surface area contributed by atoms with Crippen LogP contribution in [0.1, 0.15) is 17.5 Å². The van der Waals surface area contributed by atoms with Crippen LogP contribution >= 0.6 is 24.0 Å². The van der Waals surface area contributed by atoms with Gasteiger partial charge in [-0.05, 0) is 12.0 Å². The third kappa shape index (κ3) is 5.93. The monoisotopic (exact) mass is 510 g/mol. The number of aliphatic imine (C=N–C) groups is 1. The van der Waals surface area contributed by atoms with E-state index in [1.165, 1.54) is 17.5 Å². The number of guanidine groups is 1. The Morgan fingerprint density at radius 3 is 2.72 bits per heavy atom. The summed E-state index contributed by atoms with van der Waals surface area (Å²) in [5.74, 6) is 0.978. The summed E-state index contributed by atoms with van der Waals surface area (Å²) in [6, 6.07) is 11.0. The van der Waals surface area contributed by atoms with E-state index in [0.717, 1.165) is 58.4 Å². The van der Waals surface area contributed by atoms with Gasteiger partial charge in [-0.2, -0.15) is 5.10 Å². The first-order valence-electron chi connectivity index (χ1n) is 10.1. The van der Waals surface area contributed by atoms with Gasteiger partial charge in [0, 0.05) is 57.6 Å². The van der Waals surface area contributed by atoms with Gasteiger partial charge in [0.05, 0.1) is 26.0 Å². The highest BCUT2D eigenvalue weighted by Gasteiger charge is 2.30. The van der Waals surface area contributed by atoms with Crippen LogP contribution in [0, 0.1) is 0 Å². The lowest BCUT2D eigenvalue weighted by Gasteiger charge is -2.32. The molecule has 2 saturated heterocycles. The summed E-state index contributed by atoms with van der Waals surface area (Å²) in [6.07, 6.45) is 5.23. The topological polar surface area (TPSA) is 57.9 Å². The van der Waals surface area contributed by atoms with Gasteiger partial charge < -0.3 is 15.0 Å². The van der Waals surface area contributed by atoms with Gasteiger partial charge in [0.1, 0.15) is 0 Å². The maximum Gasteiger partial charge on any atom is 0.193 e. The van der Waals surface area contributed by atoms with E-state index in [2.05, 4.69) is 55.7 Å². The van der Waals surface area contributed by atoms with Crippen molar-refractivity contribution in [2.75, 3.05) is 46.4 Å². The third-order valence-corrected chi connectivity index (χ3v) is 5.56.